The average molecular weight is 167 g/mol. The summed E-state index contributed by atoms with van der Waals surface area (Å²) in [5, 5.41) is 6.56. The number of carbonyl (C=O) groups is 1. The molecule has 2 rings (SSSR count). The predicted octanol–water partition coefficient (Wildman–Crippen LogP) is 0.00430. The Labute approximate surface area is 69.1 Å². The van der Waals surface area contributed by atoms with Crippen LogP contribution in [0.1, 0.15) is 23.5 Å². The predicted molar refractivity (Wildman–Crippen MR) is 39.7 cm³/mol. The fraction of sp³-hybridized carbons (Fsp3) is 0.571. The highest BCUT2D eigenvalue weighted by molar-refractivity contribution is 5.96. The molecule has 5 heteroatoms. The van der Waals surface area contributed by atoms with E-state index in [2.05, 4.69) is 20.0 Å². The van der Waals surface area contributed by atoms with Crippen molar-refractivity contribution >= 4 is 5.78 Å². The minimum absolute atomic E-state index is 0.0683. The number of rotatable bonds is 2. The molecule has 2 heterocycles. The third-order valence-electron chi connectivity index (χ3n) is 1.96. The molecule has 1 atom stereocenters. The van der Waals surface area contributed by atoms with Crippen molar-refractivity contribution in [3.05, 3.63) is 12.2 Å². The van der Waals surface area contributed by atoms with Gasteiger partial charge in [0.2, 0.25) is 18.0 Å². The zero-order valence-electron chi connectivity index (χ0n) is 6.49. The summed E-state index contributed by atoms with van der Waals surface area (Å²) in [7, 11) is 0. The molecule has 0 aromatic carbocycles. The fourth-order valence-corrected chi connectivity index (χ4v) is 1.34. The number of hydrogen-bond donors (Lipinski definition) is 1. The van der Waals surface area contributed by atoms with Gasteiger partial charge < -0.3 is 9.84 Å². The van der Waals surface area contributed by atoms with E-state index in [1.807, 2.05) is 0 Å². The molecule has 1 N–H and O–H groups in total. The first-order chi connectivity index (χ1) is 5.88. The molecule has 1 aromatic heterocycles. The molecule has 1 aliphatic heterocycles. The molecule has 0 spiro atoms. The third-order valence-corrected chi connectivity index (χ3v) is 1.96. The Hall–Kier alpha value is -1.23. The van der Waals surface area contributed by atoms with E-state index in [9.17, 15) is 4.79 Å². The second-order valence-corrected chi connectivity index (χ2v) is 2.77. The Morgan fingerprint density at radius 2 is 2.67 bits per heavy atom. The Balaban J connectivity index is 2.09. The number of aromatic nitrogens is 2. The number of hydrogen-bond acceptors (Lipinski definition) is 5. The van der Waals surface area contributed by atoms with Crippen molar-refractivity contribution in [2.45, 2.75) is 18.9 Å². The lowest BCUT2D eigenvalue weighted by molar-refractivity contribution is 0.0939. The van der Waals surface area contributed by atoms with Gasteiger partial charge in [-0.1, -0.05) is 5.16 Å². The molecule has 0 saturated carbocycles. The number of carbonyl (C=O) groups excluding carboxylic acids is 1. The summed E-state index contributed by atoms with van der Waals surface area (Å²) >= 11 is 0. The van der Waals surface area contributed by atoms with Crippen molar-refractivity contribution in [1.82, 2.24) is 15.5 Å². The van der Waals surface area contributed by atoms with Crippen LogP contribution in [0.25, 0.3) is 0 Å². The van der Waals surface area contributed by atoms with E-state index in [4.69, 9.17) is 0 Å². The monoisotopic (exact) mass is 167 g/mol. The van der Waals surface area contributed by atoms with Gasteiger partial charge in [-0.05, 0) is 19.4 Å². The molecule has 1 aliphatic rings. The molecule has 0 radical (unpaired) electrons. The standard InChI is InChI=1S/C7H9N3O2/c11-6(5-2-1-3-8-5)7-9-4-12-10-7/h4-5,8H,1-3H2. The van der Waals surface area contributed by atoms with Gasteiger partial charge in [0.15, 0.2) is 0 Å². The smallest absolute Gasteiger partial charge is 0.239 e. The van der Waals surface area contributed by atoms with Crippen molar-refractivity contribution in [1.29, 1.82) is 0 Å². The number of ketones is 1. The molecule has 1 aromatic rings. The van der Waals surface area contributed by atoms with Gasteiger partial charge >= 0.3 is 0 Å². The van der Waals surface area contributed by atoms with Crippen LogP contribution in [0.2, 0.25) is 0 Å². The van der Waals surface area contributed by atoms with Crippen molar-refractivity contribution in [3.63, 3.8) is 0 Å². The summed E-state index contributed by atoms with van der Waals surface area (Å²) in [5.41, 5.74) is 0. The average Bonchev–Trinajstić information content (AvgIpc) is 2.77. The van der Waals surface area contributed by atoms with Gasteiger partial charge in [0, 0.05) is 0 Å². The largest absolute Gasteiger partial charge is 0.342 e. The normalized spacial score (nSPS) is 22.8. The summed E-state index contributed by atoms with van der Waals surface area (Å²) < 4.78 is 4.49. The summed E-state index contributed by atoms with van der Waals surface area (Å²) in [4.78, 5) is 15.2. The highest BCUT2D eigenvalue weighted by Crippen LogP contribution is 2.08. The minimum atomic E-state index is -0.109. The SMILES string of the molecule is O=C(c1ncon1)C1CCCN1. The molecule has 64 valence electrons. The van der Waals surface area contributed by atoms with Gasteiger partial charge in [-0.25, -0.2) is 0 Å². The first-order valence-corrected chi connectivity index (χ1v) is 3.92. The number of nitrogens with one attached hydrogen (secondary N) is 1. The lowest BCUT2D eigenvalue weighted by Gasteiger charge is -2.03. The first kappa shape index (κ1) is 7.42. The van der Waals surface area contributed by atoms with Crippen molar-refractivity contribution in [3.8, 4) is 0 Å². The zero-order chi connectivity index (χ0) is 8.39. The van der Waals surface area contributed by atoms with Crippen molar-refractivity contribution in [2.24, 2.45) is 0 Å². The van der Waals surface area contributed by atoms with Crippen molar-refractivity contribution in [2.75, 3.05) is 6.54 Å². The van der Waals surface area contributed by atoms with Crippen molar-refractivity contribution < 1.29 is 9.32 Å². The summed E-state index contributed by atoms with van der Waals surface area (Å²) in [6, 6.07) is -0.109. The summed E-state index contributed by atoms with van der Waals surface area (Å²) in [6.45, 7) is 0.897. The van der Waals surface area contributed by atoms with Gasteiger partial charge in [0.05, 0.1) is 6.04 Å². The fourth-order valence-electron chi connectivity index (χ4n) is 1.34. The van der Waals surface area contributed by atoms with E-state index >= 15 is 0 Å². The van der Waals surface area contributed by atoms with Gasteiger partial charge in [-0.3, -0.25) is 4.79 Å². The Morgan fingerprint density at radius 1 is 1.75 bits per heavy atom. The molecular formula is C7H9N3O2. The second-order valence-electron chi connectivity index (χ2n) is 2.77. The lowest BCUT2D eigenvalue weighted by atomic mass is 10.1. The van der Waals surface area contributed by atoms with Crippen LogP contribution in [0.3, 0.4) is 0 Å². The molecule has 5 nitrogen and oxygen atoms in total. The Bertz CT molecular complexity index is 264. The van der Waals surface area contributed by atoms with Crippen LogP contribution in [0, 0.1) is 0 Å². The summed E-state index contributed by atoms with van der Waals surface area (Å²) in [6.07, 6.45) is 3.07. The second kappa shape index (κ2) is 3.02. The third kappa shape index (κ3) is 1.23. The maximum Gasteiger partial charge on any atom is 0.239 e. The van der Waals surface area contributed by atoms with Crippen LogP contribution in [0.5, 0.6) is 0 Å². The molecule has 0 bridgehead atoms. The quantitative estimate of drug-likeness (QED) is 0.628. The van der Waals surface area contributed by atoms with E-state index in [0.29, 0.717) is 0 Å². The molecule has 0 aliphatic carbocycles. The first-order valence-electron chi connectivity index (χ1n) is 3.92. The van der Waals surface area contributed by atoms with Gasteiger partial charge in [-0.2, -0.15) is 4.98 Å². The minimum Gasteiger partial charge on any atom is -0.342 e. The highest BCUT2D eigenvalue weighted by atomic mass is 16.5. The Kier molecular flexibility index (Phi) is 1.87. The van der Waals surface area contributed by atoms with Crippen LogP contribution in [0.4, 0.5) is 0 Å². The van der Waals surface area contributed by atoms with Crippen LogP contribution in [-0.2, 0) is 0 Å². The zero-order valence-corrected chi connectivity index (χ0v) is 6.49. The molecular weight excluding hydrogens is 158 g/mol. The maximum atomic E-state index is 11.5. The van der Waals surface area contributed by atoms with Crippen LogP contribution in [0.15, 0.2) is 10.9 Å². The topological polar surface area (TPSA) is 68.0 Å². The molecule has 1 unspecified atom stereocenters. The van der Waals surface area contributed by atoms with E-state index in [1.165, 1.54) is 6.39 Å². The van der Waals surface area contributed by atoms with Gasteiger partial charge in [-0.15, -0.1) is 0 Å². The molecule has 0 amide bonds. The molecule has 1 fully saturated rings. The lowest BCUT2D eigenvalue weighted by Crippen LogP contribution is -2.31. The van der Waals surface area contributed by atoms with E-state index < -0.39 is 0 Å². The maximum absolute atomic E-state index is 11.5. The van der Waals surface area contributed by atoms with Gasteiger partial charge in [0.25, 0.3) is 0 Å². The molecule has 12 heavy (non-hydrogen) atoms. The van der Waals surface area contributed by atoms with Crippen LogP contribution < -0.4 is 5.32 Å². The van der Waals surface area contributed by atoms with E-state index in [0.717, 1.165) is 19.4 Å². The van der Waals surface area contributed by atoms with Gasteiger partial charge in [0.1, 0.15) is 0 Å². The Morgan fingerprint density at radius 3 is 3.25 bits per heavy atom. The number of Topliss-reactive ketones (excluding diaryl/α,β-unsaturated/α-hetero) is 1. The van der Waals surface area contributed by atoms with Crippen LogP contribution in [-0.4, -0.2) is 28.5 Å². The van der Waals surface area contributed by atoms with E-state index in [-0.39, 0.29) is 17.6 Å². The number of nitrogens with zero attached hydrogens (tertiary/aromatic N) is 2. The van der Waals surface area contributed by atoms with E-state index in [1.54, 1.807) is 0 Å². The summed E-state index contributed by atoms with van der Waals surface area (Å²) in [5.74, 6) is 0.107. The molecule has 1 saturated heterocycles. The highest BCUT2D eigenvalue weighted by Gasteiger charge is 2.25. The van der Waals surface area contributed by atoms with Crippen LogP contribution >= 0.6 is 0 Å².